The number of halogens is 3. The van der Waals surface area contributed by atoms with E-state index in [1.165, 1.54) is 19.8 Å². The van der Waals surface area contributed by atoms with E-state index < -0.39 is 18.3 Å². The van der Waals surface area contributed by atoms with Gasteiger partial charge in [0.05, 0.1) is 26.0 Å². The number of likely N-dealkylation sites (N-methyl/N-ethyl adjacent to an activating group) is 1. The standard InChI is InChI=1S/C27H32F3N5O2/c1-33-10-12-34(13-11-33)17-18-4-6-19(7-5-18)22-16-26-31-21(15-25(27(28,29)30)35(26)32-22)20-8-9-23(36-2)24(14-20)37-3/h4-9,14,16,21,25,31H,10-13,15,17H2,1-3H3. The Kier molecular flexibility index (Phi) is 7.04. The molecule has 37 heavy (non-hydrogen) atoms. The topological polar surface area (TPSA) is 54.8 Å². The Balaban J connectivity index is 1.38. The van der Waals surface area contributed by atoms with Crippen molar-refractivity contribution in [2.75, 3.05) is 52.8 Å². The highest BCUT2D eigenvalue weighted by molar-refractivity contribution is 5.64. The van der Waals surface area contributed by atoms with Crippen LogP contribution in [0.3, 0.4) is 0 Å². The summed E-state index contributed by atoms with van der Waals surface area (Å²) in [6, 6.07) is 12.5. The van der Waals surface area contributed by atoms with Crippen molar-refractivity contribution < 1.29 is 22.6 Å². The third-order valence-electron chi connectivity index (χ3n) is 7.25. The van der Waals surface area contributed by atoms with Gasteiger partial charge in [-0.2, -0.15) is 18.3 Å². The van der Waals surface area contributed by atoms with Crippen LogP contribution in [-0.4, -0.2) is 73.2 Å². The lowest BCUT2D eigenvalue weighted by Gasteiger charge is -2.33. The minimum atomic E-state index is -4.44. The molecule has 1 aromatic heterocycles. The second-order valence-corrected chi connectivity index (χ2v) is 9.74. The van der Waals surface area contributed by atoms with Gasteiger partial charge in [0.15, 0.2) is 17.5 Å². The molecule has 2 aliphatic rings. The fourth-order valence-corrected chi connectivity index (χ4v) is 5.05. The summed E-state index contributed by atoms with van der Waals surface area (Å²) < 4.78 is 54.1. The Hall–Kier alpha value is -3.24. The molecule has 0 saturated carbocycles. The van der Waals surface area contributed by atoms with E-state index in [9.17, 15) is 13.2 Å². The number of alkyl halides is 3. The van der Waals surface area contributed by atoms with Crippen LogP contribution in [0.1, 0.15) is 29.6 Å². The van der Waals surface area contributed by atoms with E-state index in [1.807, 2.05) is 24.3 Å². The summed E-state index contributed by atoms with van der Waals surface area (Å²) in [5.41, 5.74) is 3.16. The molecular formula is C27H32F3N5O2. The van der Waals surface area contributed by atoms with E-state index in [-0.39, 0.29) is 6.42 Å². The van der Waals surface area contributed by atoms with Crippen LogP contribution >= 0.6 is 0 Å². The highest BCUT2D eigenvalue weighted by atomic mass is 19.4. The van der Waals surface area contributed by atoms with Gasteiger partial charge in [0.2, 0.25) is 0 Å². The summed E-state index contributed by atoms with van der Waals surface area (Å²) in [6.45, 7) is 5.01. The number of anilines is 1. The molecule has 2 aliphatic heterocycles. The van der Waals surface area contributed by atoms with E-state index >= 15 is 0 Å². The molecule has 0 bridgehead atoms. The smallest absolute Gasteiger partial charge is 0.410 e. The number of rotatable bonds is 6. The lowest BCUT2D eigenvalue weighted by molar-refractivity contribution is -0.173. The molecule has 2 unspecified atom stereocenters. The Morgan fingerprint density at radius 1 is 0.946 bits per heavy atom. The van der Waals surface area contributed by atoms with E-state index in [1.54, 1.807) is 24.3 Å². The molecule has 5 rings (SSSR count). The van der Waals surface area contributed by atoms with Crippen molar-refractivity contribution in [3.05, 3.63) is 59.7 Å². The summed E-state index contributed by atoms with van der Waals surface area (Å²) in [5, 5.41) is 7.64. The van der Waals surface area contributed by atoms with Gasteiger partial charge in [0.1, 0.15) is 5.82 Å². The quantitative estimate of drug-likeness (QED) is 0.500. The minimum absolute atomic E-state index is 0.183. The summed E-state index contributed by atoms with van der Waals surface area (Å²) in [4.78, 5) is 4.73. The van der Waals surface area contributed by atoms with E-state index in [0.717, 1.165) is 43.0 Å². The van der Waals surface area contributed by atoms with E-state index in [2.05, 4.69) is 27.3 Å². The van der Waals surface area contributed by atoms with Crippen LogP contribution in [0, 0.1) is 0 Å². The zero-order valence-electron chi connectivity index (χ0n) is 21.3. The fourth-order valence-electron chi connectivity index (χ4n) is 5.05. The van der Waals surface area contributed by atoms with Crippen LogP contribution < -0.4 is 14.8 Å². The number of nitrogens with zero attached hydrogens (tertiary/aromatic N) is 4. The summed E-state index contributed by atoms with van der Waals surface area (Å²) in [5.74, 6) is 1.34. The van der Waals surface area contributed by atoms with Crippen LogP contribution in [0.2, 0.25) is 0 Å². The highest BCUT2D eigenvalue weighted by Gasteiger charge is 2.46. The summed E-state index contributed by atoms with van der Waals surface area (Å²) >= 11 is 0. The molecule has 10 heteroatoms. The molecule has 1 N–H and O–H groups in total. The van der Waals surface area contributed by atoms with Crippen molar-refractivity contribution in [3.8, 4) is 22.8 Å². The number of nitrogens with one attached hydrogen (secondary N) is 1. The number of ether oxygens (including phenoxy) is 2. The van der Waals surface area contributed by atoms with Gasteiger partial charge in [-0.15, -0.1) is 0 Å². The second-order valence-electron chi connectivity index (χ2n) is 9.74. The van der Waals surface area contributed by atoms with Crippen molar-refractivity contribution >= 4 is 5.82 Å². The van der Waals surface area contributed by atoms with Crippen molar-refractivity contribution in [2.45, 2.75) is 31.2 Å². The van der Waals surface area contributed by atoms with Crippen molar-refractivity contribution in [3.63, 3.8) is 0 Å². The summed E-state index contributed by atoms with van der Waals surface area (Å²) in [6.07, 6.45) is -4.63. The van der Waals surface area contributed by atoms with Gasteiger partial charge in [0, 0.05) is 50.8 Å². The number of methoxy groups -OCH3 is 2. The van der Waals surface area contributed by atoms with Crippen LogP contribution in [0.4, 0.5) is 19.0 Å². The monoisotopic (exact) mass is 515 g/mol. The molecular weight excluding hydrogens is 483 g/mol. The number of benzene rings is 2. The first-order valence-electron chi connectivity index (χ1n) is 12.4. The predicted octanol–water partition coefficient (Wildman–Crippen LogP) is 4.98. The Labute approximate surface area is 214 Å². The van der Waals surface area contributed by atoms with Gasteiger partial charge < -0.3 is 19.7 Å². The van der Waals surface area contributed by atoms with Gasteiger partial charge in [-0.3, -0.25) is 4.90 Å². The van der Waals surface area contributed by atoms with Gasteiger partial charge in [0.25, 0.3) is 0 Å². The lowest BCUT2D eigenvalue weighted by Crippen LogP contribution is -2.43. The Morgan fingerprint density at radius 3 is 2.30 bits per heavy atom. The maximum Gasteiger partial charge on any atom is 0.410 e. The molecule has 0 radical (unpaired) electrons. The first-order valence-corrected chi connectivity index (χ1v) is 12.4. The molecule has 1 fully saturated rings. The molecule has 1 saturated heterocycles. The number of hydrogen-bond acceptors (Lipinski definition) is 6. The number of hydrogen-bond donors (Lipinski definition) is 1. The first kappa shape index (κ1) is 25.4. The van der Waals surface area contributed by atoms with Crippen LogP contribution in [-0.2, 0) is 6.54 Å². The van der Waals surface area contributed by atoms with Gasteiger partial charge in [-0.1, -0.05) is 30.3 Å². The first-order chi connectivity index (χ1) is 17.7. The van der Waals surface area contributed by atoms with Gasteiger partial charge >= 0.3 is 6.18 Å². The molecule has 0 spiro atoms. The maximum atomic E-state index is 14.1. The highest BCUT2D eigenvalue weighted by Crippen LogP contribution is 2.45. The molecule has 2 atom stereocenters. The third kappa shape index (κ3) is 5.40. The molecule has 198 valence electrons. The molecule has 3 heterocycles. The predicted molar refractivity (Wildman–Crippen MR) is 136 cm³/mol. The Bertz CT molecular complexity index is 1220. The normalized spacial score (nSPS) is 20.8. The fraction of sp³-hybridized carbons (Fsp3) is 0.444. The molecule has 3 aromatic rings. The summed E-state index contributed by atoms with van der Waals surface area (Å²) in [7, 11) is 5.16. The largest absolute Gasteiger partial charge is 0.493 e. The lowest BCUT2D eigenvalue weighted by atomic mass is 9.96. The molecule has 2 aromatic carbocycles. The average molecular weight is 516 g/mol. The number of fused-ring (bicyclic) bond motifs is 1. The second kappa shape index (κ2) is 10.3. The van der Waals surface area contributed by atoms with Crippen molar-refractivity contribution in [1.82, 2.24) is 19.6 Å². The van der Waals surface area contributed by atoms with Crippen LogP contribution in [0.25, 0.3) is 11.3 Å². The molecule has 0 amide bonds. The Morgan fingerprint density at radius 2 is 1.65 bits per heavy atom. The molecule has 0 aliphatic carbocycles. The van der Waals surface area contributed by atoms with Gasteiger partial charge in [-0.05, 0) is 30.3 Å². The minimum Gasteiger partial charge on any atom is -0.493 e. The van der Waals surface area contributed by atoms with E-state index in [0.29, 0.717) is 28.6 Å². The van der Waals surface area contributed by atoms with Gasteiger partial charge in [-0.25, -0.2) is 4.68 Å². The zero-order chi connectivity index (χ0) is 26.2. The SMILES string of the molecule is COc1ccc(C2CC(C(F)(F)F)n3nc(-c4ccc(CN5CCN(C)CC5)cc4)cc3N2)cc1OC. The van der Waals surface area contributed by atoms with Crippen LogP contribution in [0.15, 0.2) is 48.5 Å². The third-order valence-corrected chi connectivity index (χ3v) is 7.25. The number of piperazine rings is 1. The van der Waals surface area contributed by atoms with E-state index in [4.69, 9.17) is 9.47 Å². The average Bonchev–Trinajstić information content (AvgIpc) is 3.33. The maximum absolute atomic E-state index is 14.1. The molecule has 7 nitrogen and oxygen atoms in total. The van der Waals surface area contributed by atoms with Crippen molar-refractivity contribution in [1.29, 1.82) is 0 Å². The number of aromatic nitrogens is 2. The zero-order valence-corrected chi connectivity index (χ0v) is 21.3. The van der Waals surface area contributed by atoms with Crippen LogP contribution in [0.5, 0.6) is 11.5 Å². The van der Waals surface area contributed by atoms with Crippen molar-refractivity contribution in [2.24, 2.45) is 0 Å².